The van der Waals surface area contributed by atoms with Crippen molar-refractivity contribution < 1.29 is 13.7 Å². The van der Waals surface area contributed by atoms with Gasteiger partial charge in [-0.05, 0) is 72.7 Å². The van der Waals surface area contributed by atoms with Crippen LogP contribution < -0.4 is 0 Å². The van der Waals surface area contributed by atoms with Gasteiger partial charge in [0.1, 0.15) is 11.4 Å². The van der Waals surface area contributed by atoms with Crippen LogP contribution in [0.15, 0.2) is 11.9 Å². The third-order valence-corrected chi connectivity index (χ3v) is 5.60. The quantitative estimate of drug-likeness (QED) is 0.782. The summed E-state index contributed by atoms with van der Waals surface area (Å²) in [4.78, 5) is 2.34. The summed E-state index contributed by atoms with van der Waals surface area (Å²) in [6, 6.07) is 0. The number of hydrogen-bond acceptors (Lipinski definition) is 5. The second-order valence-corrected chi connectivity index (χ2v) is 8.23. The Kier molecular flexibility index (Phi) is 5.05. The molecule has 2 saturated heterocycles. The Labute approximate surface area is 149 Å². The lowest BCUT2D eigenvalue weighted by Crippen LogP contribution is -2.41. The zero-order valence-electron chi connectivity index (χ0n) is 15.8. The molecular weight excluding hydrogens is 322 g/mol. The molecule has 3 rings (SSSR count). The molecule has 25 heavy (non-hydrogen) atoms. The number of nitrogens with zero attached hydrogens (tertiary/aromatic N) is 4. The summed E-state index contributed by atoms with van der Waals surface area (Å²) in [6.45, 7) is 10.7. The van der Waals surface area contributed by atoms with Crippen LogP contribution in [0, 0.1) is 5.92 Å². The average molecular weight is 350 g/mol. The molecule has 1 aromatic heterocycles. The minimum atomic E-state index is -0.996. The van der Waals surface area contributed by atoms with E-state index in [-0.39, 0.29) is 0 Å². The number of rotatable bonds is 4. The van der Waals surface area contributed by atoms with Gasteiger partial charge in [0.25, 0.3) is 0 Å². The second-order valence-electron chi connectivity index (χ2n) is 8.23. The standard InChI is InChI=1S/C17H28BFN4O2/c1-16(2)17(3,4)25-18(24-16)15(19)10-14-12-23(21-20-14)11-13-6-8-22(5)9-7-13/h10,12-13H,6-9,11H2,1-5H3. The van der Waals surface area contributed by atoms with Crippen molar-refractivity contribution in [2.24, 2.45) is 5.92 Å². The maximum Gasteiger partial charge on any atom is 0.525 e. The highest BCUT2D eigenvalue weighted by molar-refractivity contribution is 6.54. The summed E-state index contributed by atoms with van der Waals surface area (Å²) in [7, 11) is 1.15. The summed E-state index contributed by atoms with van der Waals surface area (Å²) in [5.41, 5.74) is -1.12. The Hall–Kier alpha value is -1.25. The van der Waals surface area contributed by atoms with Crippen LogP contribution in [0.2, 0.25) is 0 Å². The summed E-state index contributed by atoms with van der Waals surface area (Å²) in [5.74, 6) is 0.600. The lowest BCUT2D eigenvalue weighted by atomic mass is 9.87. The van der Waals surface area contributed by atoms with Crippen molar-refractivity contribution in [1.82, 2.24) is 19.9 Å². The minimum absolute atomic E-state index is 0.481. The van der Waals surface area contributed by atoms with E-state index in [1.54, 1.807) is 10.9 Å². The SMILES string of the molecule is CN1CCC(Cn2cc(C=C(F)B3OC(C)(C)C(C)(C)O3)nn2)CC1. The Bertz CT molecular complexity index is 622. The molecular formula is C17H28BFN4O2. The molecule has 2 aliphatic rings. The maximum absolute atomic E-state index is 14.5. The van der Waals surface area contributed by atoms with E-state index < -0.39 is 24.0 Å². The van der Waals surface area contributed by atoms with Gasteiger partial charge in [-0.1, -0.05) is 5.21 Å². The fraction of sp³-hybridized carbons (Fsp3) is 0.765. The van der Waals surface area contributed by atoms with E-state index in [0.717, 1.165) is 32.5 Å². The zero-order valence-corrected chi connectivity index (χ0v) is 15.8. The highest BCUT2D eigenvalue weighted by atomic mass is 19.1. The van der Waals surface area contributed by atoms with Gasteiger partial charge in [0.05, 0.1) is 17.4 Å². The third kappa shape index (κ3) is 4.12. The number of halogens is 1. The Balaban J connectivity index is 1.61. The van der Waals surface area contributed by atoms with Crippen molar-refractivity contribution in [3.8, 4) is 0 Å². The molecule has 138 valence electrons. The monoisotopic (exact) mass is 350 g/mol. The van der Waals surface area contributed by atoms with E-state index in [1.807, 2.05) is 27.7 Å². The largest absolute Gasteiger partial charge is 0.525 e. The predicted molar refractivity (Wildman–Crippen MR) is 95.4 cm³/mol. The molecule has 8 heteroatoms. The van der Waals surface area contributed by atoms with Crippen LogP contribution in [-0.2, 0) is 15.9 Å². The molecule has 0 aliphatic carbocycles. The molecule has 0 bridgehead atoms. The predicted octanol–water partition coefficient (Wildman–Crippen LogP) is 2.56. The Morgan fingerprint density at radius 3 is 2.48 bits per heavy atom. The van der Waals surface area contributed by atoms with Crippen LogP contribution in [0.5, 0.6) is 0 Å². The van der Waals surface area contributed by atoms with Crippen molar-refractivity contribution >= 4 is 13.2 Å². The maximum atomic E-state index is 14.5. The second kappa shape index (κ2) is 6.81. The first-order valence-electron chi connectivity index (χ1n) is 8.98. The van der Waals surface area contributed by atoms with E-state index in [2.05, 4.69) is 22.3 Å². The molecule has 2 aliphatic heterocycles. The highest BCUT2D eigenvalue weighted by Gasteiger charge is 2.53. The fourth-order valence-corrected chi connectivity index (χ4v) is 3.14. The van der Waals surface area contributed by atoms with Crippen molar-refractivity contribution in [2.75, 3.05) is 20.1 Å². The molecule has 0 spiro atoms. The molecule has 0 atom stereocenters. The van der Waals surface area contributed by atoms with Crippen molar-refractivity contribution in [3.63, 3.8) is 0 Å². The van der Waals surface area contributed by atoms with Gasteiger partial charge in [0, 0.05) is 6.54 Å². The normalized spacial score (nSPS) is 24.9. The van der Waals surface area contributed by atoms with E-state index in [1.165, 1.54) is 6.08 Å². The van der Waals surface area contributed by atoms with Crippen LogP contribution in [0.1, 0.15) is 46.2 Å². The summed E-state index contributed by atoms with van der Waals surface area (Å²) < 4.78 is 27.7. The van der Waals surface area contributed by atoms with Crippen LogP contribution >= 0.6 is 0 Å². The Morgan fingerprint density at radius 2 is 1.88 bits per heavy atom. The van der Waals surface area contributed by atoms with Crippen LogP contribution in [0.4, 0.5) is 4.39 Å². The van der Waals surface area contributed by atoms with Crippen molar-refractivity contribution in [1.29, 1.82) is 0 Å². The lowest BCUT2D eigenvalue weighted by molar-refractivity contribution is 0.00578. The molecule has 0 aromatic carbocycles. The molecule has 1 aromatic rings. The number of hydrogen-bond donors (Lipinski definition) is 0. The highest BCUT2D eigenvalue weighted by Crippen LogP contribution is 2.38. The molecule has 3 heterocycles. The van der Waals surface area contributed by atoms with Gasteiger partial charge in [0.15, 0.2) is 0 Å². The summed E-state index contributed by atoms with van der Waals surface area (Å²) >= 11 is 0. The van der Waals surface area contributed by atoms with Crippen LogP contribution in [0.3, 0.4) is 0 Å². The first-order valence-corrected chi connectivity index (χ1v) is 8.98. The molecule has 0 saturated carbocycles. The Morgan fingerprint density at radius 1 is 1.28 bits per heavy atom. The van der Waals surface area contributed by atoms with E-state index in [4.69, 9.17) is 9.31 Å². The average Bonchev–Trinajstić information content (AvgIpc) is 3.03. The number of likely N-dealkylation sites (tertiary alicyclic amines) is 1. The van der Waals surface area contributed by atoms with Gasteiger partial charge in [-0.15, -0.1) is 5.10 Å². The molecule has 0 amide bonds. The molecule has 6 nitrogen and oxygen atoms in total. The lowest BCUT2D eigenvalue weighted by Gasteiger charge is -2.32. The van der Waals surface area contributed by atoms with Crippen molar-refractivity contribution in [2.45, 2.75) is 58.3 Å². The van der Waals surface area contributed by atoms with Gasteiger partial charge in [-0.3, -0.25) is 4.68 Å². The molecule has 0 N–H and O–H groups in total. The first kappa shape index (κ1) is 18.5. The van der Waals surface area contributed by atoms with Gasteiger partial charge in [-0.2, -0.15) is 0 Å². The first-order chi connectivity index (χ1) is 11.7. The molecule has 0 unspecified atom stereocenters. The number of piperidine rings is 1. The van der Waals surface area contributed by atoms with E-state index in [0.29, 0.717) is 11.6 Å². The van der Waals surface area contributed by atoms with Crippen LogP contribution in [0.25, 0.3) is 6.08 Å². The fourth-order valence-electron chi connectivity index (χ4n) is 3.14. The van der Waals surface area contributed by atoms with Gasteiger partial charge in [-0.25, -0.2) is 4.39 Å². The summed E-state index contributed by atoms with van der Waals surface area (Å²) in [6.07, 6.45) is 5.44. The van der Waals surface area contributed by atoms with Gasteiger partial charge < -0.3 is 14.2 Å². The van der Waals surface area contributed by atoms with E-state index in [9.17, 15) is 4.39 Å². The van der Waals surface area contributed by atoms with Crippen LogP contribution in [-0.4, -0.2) is 58.4 Å². The zero-order chi connectivity index (χ0) is 18.2. The smallest absolute Gasteiger partial charge is 0.398 e. The van der Waals surface area contributed by atoms with Gasteiger partial charge in [0.2, 0.25) is 0 Å². The summed E-state index contributed by atoms with van der Waals surface area (Å²) in [5, 5.41) is 8.18. The number of aromatic nitrogens is 3. The minimum Gasteiger partial charge on any atom is -0.398 e. The van der Waals surface area contributed by atoms with E-state index >= 15 is 0 Å². The molecule has 2 fully saturated rings. The van der Waals surface area contributed by atoms with Crippen molar-refractivity contribution in [3.05, 3.63) is 17.6 Å². The van der Waals surface area contributed by atoms with Gasteiger partial charge >= 0.3 is 7.12 Å². The third-order valence-electron chi connectivity index (χ3n) is 5.60. The molecule has 0 radical (unpaired) electrons. The topological polar surface area (TPSA) is 52.4 Å².